The highest BCUT2D eigenvalue weighted by atomic mass is 16.5. The number of imide groups is 1. The van der Waals surface area contributed by atoms with Crippen LogP contribution in [0.25, 0.3) is 10.9 Å². The van der Waals surface area contributed by atoms with E-state index in [0.29, 0.717) is 0 Å². The van der Waals surface area contributed by atoms with Crippen LogP contribution in [-0.4, -0.2) is 40.6 Å². The number of ether oxygens (including phenoxy) is 2. The average molecular weight is 439 g/mol. The number of nitrogens with zero attached hydrogens (tertiary/aromatic N) is 2. The van der Waals surface area contributed by atoms with Crippen molar-refractivity contribution in [2.75, 3.05) is 13.7 Å². The molecule has 32 heavy (non-hydrogen) atoms. The zero-order valence-electron chi connectivity index (χ0n) is 17.5. The molecule has 3 aromatic rings. The van der Waals surface area contributed by atoms with Crippen molar-refractivity contribution in [2.45, 2.75) is 20.0 Å². The van der Waals surface area contributed by atoms with Crippen LogP contribution < -0.4 is 21.3 Å². The van der Waals surface area contributed by atoms with Crippen LogP contribution in [0.2, 0.25) is 0 Å². The number of esters is 1. The summed E-state index contributed by atoms with van der Waals surface area (Å²) in [6.07, 6.45) is 0. The van der Waals surface area contributed by atoms with Crippen LogP contribution in [0.4, 0.5) is 0 Å². The van der Waals surface area contributed by atoms with Gasteiger partial charge < -0.3 is 9.47 Å². The SMILES string of the molecule is CCn1c(=O)c2ccccc2n(CC(=O)OCC(=O)NC(=O)c2ccccc2OC)c1=O. The van der Waals surface area contributed by atoms with Crippen molar-refractivity contribution >= 4 is 28.7 Å². The molecule has 0 aliphatic rings. The van der Waals surface area contributed by atoms with Crippen molar-refractivity contribution in [3.8, 4) is 5.75 Å². The molecule has 2 aromatic carbocycles. The number of para-hydroxylation sites is 2. The number of hydrogen-bond donors (Lipinski definition) is 1. The lowest BCUT2D eigenvalue weighted by Crippen LogP contribution is -2.41. The molecule has 0 atom stereocenters. The Labute approximate surface area is 182 Å². The highest BCUT2D eigenvalue weighted by molar-refractivity contribution is 6.06. The van der Waals surface area contributed by atoms with Crippen LogP contribution >= 0.6 is 0 Å². The molecule has 1 N–H and O–H groups in total. The molecule has 0 radical (unpaired) electrons. The summed E-state index contributed by atoms with van der Waals surface area (Å²) in [5.41, 5.74) is -0.689. The van der Waals surface area contributed by atoms with Crippen LogP contribution in [-0.2, 0) is 27.4 Å². The van der Waals surface area contributed by atoms with Gasteiger partial charge in [-0.15, -0.1) is 0 Å². The minimum Gasteiger partial charge on any atom is -0.496 e. The number of methoxy groups -OCH3 is 1. The van der Waals surface area contributed by atoms with Gasteiger partial charge in [0.2, 0.25) is 0 Å². The number of amides is 2. The van der Waals surface area contributed by atoms with E-state index in [1.54, 1.807) is 49.4 Å². The zero-order valence-corrected chi connectivity index (χ0v) is 17.5. The smallest absolute Gasteiger partial charge is 0.332 e. The summed E-state index contributed by atoms with van der Waals surface area (Å²) in [4.78, 5) is 61.7. The fourth-order valence-corrected chi connectivity index (χ4v) is 3.19. The Morgan fingerprint density at radius 2 is 1.66 bits per heavy atom. The van der Waals surface area contributed by atoms with Gasteiger partial charge >= 0.3 is 11.7 Å². The molecule has 0 saturated carbocycles. The van der Waals surface area contributed by atoms with Crippen molar-refractivity contribution in [2.24, 2.45) is 0 Å². The molecular formula is C22H21N3O7. The Hall–Kier alpha value is -4.21. The molecule has 3 rings (SSSR count). The molecule has 0 saturated heterocycles. The van der Waals surface area contributed by atoms with Crippen LogP contribution in [0.1, 0.15) is 17.3 Å². The van der Waals surface area contributed by atoms with E-state index in [9.17, 15) is 24.0 Å². The van der Waals surface area contributed by atoms with Crippen molar-refractivity contribution in [3.05, 3.63) is 74.9 Å². The lowest BCUT2D eigenvalue weighted by molar-refractivity contribution is -0.148. The van der Waals surface area contributed by atoms with Gasteiger partial charge in [0.25, 0.3) is 17.4 Å². The number of fused-ring (bicyclic) bond motifs is 1. The molecule has 1 aromatic heterocycles. The molecule has 2 amide bonds. The molecule has 0 fully saturated rings. The second kappa shape index (κ2) is 9.73. The Morgan fingerprint density at radius 3 is 2.38 bits per heavy atom. The normalized spacial score (nSPS) is 10.6. The third-order valence-electron chi connectivity index (χ3n) is 4.70. The summed E-state index contributed by atoms with van der Waals surface area (Å²) >= 11 is 0. The van der Waals surface area contributed by atoms with Gasteiger partial charge in [0.15, 0.2) is 6.61 Å². The highest BCUT2D eigenvalue weighted by Crippen LogP contribution is 2.16. The van der Waals surface area contributed by atoms with Crippen molar-refractivity contribution in [1.82, 2.24) is 14.5 Å². The second-order valence-corrected chi connectivity index (χ2v) is 6.67. The van der Waals surface area contributed by atoms with E-state index in [1.165, 1.54) is 13.2 Å². The van der Waals surface area contributed by atoms with E-state index in [1.807, 2.05) is 0 Å². The molecule has 0 aliphatic carbocycles. The molecule has 166 valence electrons. The summed E-state index contributed by atoms with van der Waals surface area (Å²) in [6, 6.07) is 12.7. The third kappa shape index (κ3) is 4.59. The van der Waals surface area contributed by atoms with Crippen molar-refractivity contribution < 1.29 is 23.9 Å². The Morgan fingerprint density at radius 1 is 0.969 bits per heavy atom. The lowest BCUT2D eigenvalue weighted by Gasteiger charge is -2.13. The van der Waals surface area contributed by atoms with Gasteiger partial charge in [-0.25, -0.2) is 4.79 Å². The molecule has 0 spiro atoms. The number of benzene rings is 2. The Bertz CT molecular complexity index is 1310. The molecule has 0 aliphatic heterocycles. The molecule has 10 heteroatoms. The zero-order chi connectivity index (χ0) is 23.3. The third-order valence-corrected chi connectivity index (χ3v) is 4.70. The van der Waals surface area contributed by atoms with Gasteiger partial charge in [-0.2, -0.15) is 0 Å². The molecule has 0 unspecified atom stereocenters. The summed E-state index contributed by atoms with van der Waals surface area (Å²) in [6.45, 7) is 0.543. The number of rotatable bonds is 7. The average Bonchev–Trinajstić information content (AvgIpc) is 2.80. The number of aromatic nitrogens is 2. The monoisotopic (exact) mass is 439 g/mol. The summed E-state index contributed by atoms with van der Waals surface area (Å²) in [7, 11) is 1.39. The molecule has 0 bridgehead atoms. The van der Waals surface area contributed by atoms with Crippen LogP contribution in [0.5, 0.6) is 5.75 Å². The van der Waals surface area contributed by atoms with Gasteiger partial charge in [0.1, 0.15) is 12.3 Å². The van der Waals surface area contributed by atoms with Gasteiger partial charge in [0.05, 0.1) is 23.6 Å². The van der Waals surface area contributed by atoms with E-state index < -0.39 is 42.2 Å². The fourth-order valence-electron chi connectivity index (χ4n) is 3.19. The number of nitrogens with one attached hydrogen (secondary N) is 1. The number of carbonyl (C=O) groups excluding carboxylic acids is 3. The van der Waals surface area contributed by atoms with Crippen LogP contribution in [0.15, 0.2) is 58.1 Å². The lowest BCUT2D eigenvalue weighted by atomic mass is 10.2. The van der Waals surface area contributed by atoms with Crippen molar-refractivity contribution in [1.29, 1.82) is 0 Å². The highest BCUT2D eigenvalue weighted by Gasteiger charge is 2.18. The topological polar surface area (TPSA) is 126 Å². The predicted molar refractivity (Wildman–Crippen MR) is 115 cm³/mol. The predicted octanol–water partition coefficient (Wildman–Crippen LogP) is 0.691. The molecule has 1 heterocycles. The van der Waals surface area contributed by atoms with E-state index in [-0.39, 0.29) is 28.8 Å². The first kappa shape index (κ1) is 22.5. The first-order chi connectivity index (χ1) is 15.4. The quantitative estimate of drug-likeness (QED) is 0.537. The maximum Gasteiger partial charge on any atom is 0.332 e. The Kier molecular flexibility index (Phi) is 6.83. The maximum absolute atomic E-state index is 12.7. The van der Waals surface area contributed by atoms with E-state index in [2.05, 4.69) is 5.32 Å². The molecule has 10 nitrogen and oxygen atoms in total. The number of hydrogen-bond acceptors (Lipinski definition) is 7. The van der Waals surface area contributed by atoms with Crippen LogP contribution in [0.3, 0.4) is 0 Å². The summed E-state index contributed by atoms with van der Waals surface area (Å²) in [5.74, 6) is -2.14. The van der Waals surface area contributed by atoms with E-state index in [4.69, 9.17) is 9.47 Å². The number of carbonyl (C=O) groups is 3. The van der Waals surface area contributed by atoms with E-state index >= 15 is 0 Å². The minimum atomic E-state index is -0.876. The van der Waals surface area contributed by atoms with Gasteiger partial charge in [-0.3, -0.25) is 33.6 Å². The van der Waals surface area contributed by atoms with Gasteiger partial charge in [-0.05, 0) is 31.2 Å². The van der Waals surface area contributed by atoms with Gasteiger partial charge in [-0.1, -0.05) is 24.3 Å². The summed E-state index contributed by atoms with van der Waals surface area (Å²) in [5, 5.41) is 2.39. The van der Waals surface area contributed by atoms with Gasteiger partial charge in [0, 0.05) is 6.54 Å². The molecular weight excluding hydrogens is 418 g/mol. The minimum absolute atomic E-state index is 0.130. The Balaban J connectivity index is 1.70. The maximum atomic E-state index is 12.7. The van der Waals surface area contributed by atoms with Crippen LogP contribution in [0, 0.1) is 0 Å². The largest absolute Gasteiger partial charge is 0.496 e. The van der Waals surface area contributed by atoms with E-state index in [0.717, 1.165) is 9.13 Å². The standard InChI is InChI=1S/C22H21N3O7/c1-3-24-21(29)14-8-4-6-10-16(14)25(22(24)30)12-19(27)32-13-18(26)23-20(28)15-9-5-7-11-17(15)31-2/h4-11H,3,12-13H2,1-2H3,(H,23,26,28). The summed E-state index contributed by atoms with van der Waals surface area (Å²) < 4.78 is 12.1. The second-order valence-electron chi connectivity index (χ2n) is 6.67. The first-order valence-electron chi connectivity index (χ1n) is 9.72. The first-order valence-corrected chi connectivity index (χ1v) is 9.72. The fraction of sp³-hybridized carbons (Fsp3) is 0.227. The van der Waals surface area contributed by atoms with Crippen molar-refractivity contribution in [3.63, 3.8) is 0 Å².